The van der Waals surface area contributed by atoms with E-state index in [2.05, 4.69) is 0 Å². The molecular formula is C25H17F3N2O5. The summed E-state index contributed by atoms with van der Waals surface area (Å²) in [6.45, 7) is 1.80. The van der Waals surface area contributed by atoms with Crippen LogP contribution in [0.1, 0.15) is 28.3 Å². The molecule has 0 spiro atoms. The number of nitro groups is 1. The molecule has 10 heteroatoms. The molecule has 1 N–H and O–H groups in total. The van der Waals surface area contributed by atoms with Gasteiger partial charge in [0.1, 0.15) is 11.8 Å². The first-order chi connectivity index (χ1) is 16.5. The number of carbonyl (C=O) groups is 2. The van der Waals surface area contributed by atoms with Crippen molar-refractivity contribution in [3.05, 3.63) is 111 Å². The van der Waals surface area contributed by atoms with Gasteiger partial charge in [0.25, 0.3) is 17.4 Å². The second-order valence-corrected chi connectivity index (χ2v) is 7.90. The van der Waals surface area contributed by atoms with Gasteiger partial charge in [0.15, 0.2) is 0 Å². The lowest BCUT2D eigenvalue weighted by Gasteiger charge is -2.25. The maximum Gasteiger partial charge on any atom is 0.416 e. The minimum Gasteiger partial charge on any atom is -0.507 e. The van der Waals surface area contributed by atoms with E-state index in [1.165, 1.54) is 36.4 Å². The smallest absolute Gasteiger partial charge is 0.416 e. The van der Waals surface area contributed by atoms with Crippen molar-refractivity contribution in [2.24, 2.45) is 0 Å². The van der Waals surface area contributed by atoms with Gasteiger partial charge in [-0.05, 0) is 31.2 Å². The summed E-state index contributed by atoms with van der Waals surface area (Å²) in [4.78, 5) is 38.0. The molecule has 1 fully saturated rings. The molecule has 0 bridgehead atoms. The van der Waals surface area contributed by atoms with Crippen LogP contribution in [0.4, 0.5) is 24.5 Å². The van der Waals surface area contributed by atoms with Gasteiger partial charge in [-0.25, -0.2) is 0 Å². The number of rotatable bonds is 4. The first-order valence-corrected chi connectivity index (χ1v) is 10.3. The highest BCUT2D eigenvalue weighted by Gasteiger charge is 2.49. The fourth-order valence-corrected chi connectivity index (χ4v) is 3.98. The third-order valence-electron chi connectivity index (χ3n) is 5.65. The third kappa shape index (κ3) is 4.25. The molecule has 35 heavy (non-hydrogen) atoms. The lowest BCUT2D eigenvalue weighted by atomic mass is 9.93. The highest BCUT2D eigenvalue weighted by molar-refractivity contribution is 6.51. The monoisotopic (exact) mass is 482 g/mol. The Bertz CT molecular complexity index is 1380. The van der Waals surface area contributed by atoms with Gasteiger partial charge in [-0.15, -0.1) is 0 Å². The number of para-hydroxylation sites is 1. The van der Waals surface area contributed by atoms with Crippen LogP contribution in [0.5, 0.6) is 0 Å². The van der Waals surface area contributed by atoms with Crippen LogP contribution < -0.4 is 4.90 Å². The molecule has 1 amide bonds. The van der Waals surface area contributed by atoms with Crippen molar-refractivity contribution in [3.8, 4) is 0 Å². The van der Waals surface area contributed by atoms with E-state index in [4.69, 9.17) is 0 Å². The number of aliphatic hydroxyl groups is 1. The number of amides is 1. The first kappa shape index (κ1) is 23.7. The Morgan fingerprint density at radius 2 is 1.66 bits per heavy atom. The SMILES string of the molecule is Cc1ccc(C(O)=C2C(=O)C(=O)N(c3cccc(C(F)(F)F)c3)[C@@H]2c2ccccc2[N+](=O)[O-])cc1. The standard InChI is InChI=1S/C25H17F3N2O5/c1-14-9-11-15(12-10-14)22(31)20-21(18-7-2-3-8-19(18)30(34)35)29(24(33)23(20)32)17-6-4-5-16(13-17)25(26,27)28/h2-13,21,31H,1H3/t21-/m1/s1. The maximum atomic E-state index is 13.4. The molecule has 1 atom stereocenters. The molecule has 4 rings (SSSR count). The van der Waals surface area contributed by atoms with Gasteiger partial charge in [-0.2, -0.15) is 13.2 Å². The van der Waals surface area contributed by atoms with E-state index >= 15 is 0 Å². The number of nitro benzene ring substituents is 1. The van der Waals surface area contributed by atoms with E-state index in [-0.39, 0.29) is 16.8 Å². The predicted octanol–water partition coefficient (Wildman–Crippen LogP) is 5.55. The minimum atomic E-state index is -4.74. The van der Waals surface area contributed by atoms with E-state index in [1.54, 1.807) is 19.1 Å². The van der Waals surface area contributed by atoms with Gasteiger partial charge in [0, 0.05) is 17.3 Å². The summed E-state index contributed by atoms with van der Waals surface area (Å²) in [7, 11) is 0. The molecule has 0 aliphatic carbocycles. The fourth-order valence-electron chi connectivity index (χ4n) is 3.98. The van der Waals surface area contributed by atoms with Crippen LogP contribution >= 0.6 is 0 Å². The second kappa shape index (κ2) is 8.71. The van der Waals surface area contributed by atoms with Crippen LogP contribution in [-0.4, -0.2) is 21.7 Å². The number of aliphatic hydroxyl groups excluding tert-OH is 1. The van der Waals surface area contributed by atoms with Crippen LogP contribution in [0.25, 0.3) is 5.76 Å². The zero-order valence-electron chi connectivity index (χ0n) is 18.1. The molecule has 0 unspecified atom stereocenters. The van der Waals surface area contributed by atoms with E-state index in [9.17, 15) is 38.0 Å². The topological polar surface area (TPSA) is 101 Å². The van der Waals surface area contributed by atoms with Gasteiger partial charge < -0.3 is 5.11 Å². The summed E-state index contributed by atoms with van der Waals surface area (Å²) in [6, 6.07) is 13.7. The summed E-state index contributed by atoms with van der Waals surface area (Å²) in [5, 5.41) is 22.8. The fraction of sp³-hybridized carbons (Fsp3) is 0.120. The Kier molecular flexibility index (Phi) is 5.89. The van der Waals surface area contributed by atoms with Crippen LogP contribution in [0.15, 0.2) is 78.4 Å². The molecule has 1 heterocycles. The number of ketones is 1. The molecule has 3 aromatic rings. The molecule has 1 saturated heterocycles. The molecule has 178 valence electrons. The number of benzene rings is 3. The summed E-state index contributed by atoms with van der Waals surface area (Å²) < 4.78 is 40.1. The molecular weight excluding hydrogens is 465 g/mol. The van der Waals surface area contributed by atoms with Gasteiger partial charge in [-0.3, -0.25) is 24.6 Å². The Morgan fingerprint density at radius 1 is 1.00 bits per heavy atom. The molecule has 0 radical (unpaired) electrons. The average Bonchev–Trinajstić information content (AvgIpc) is 3.09. The normalized spacial score (nSPS) is 17.6. The third-order valence-corrected chi connectivity index (χ3v) is 5.65. The van der Waals surface area contributed by atoms with Crippen molar-refractivity contribution in [1.29, 1.82) is 0 Å². The number of carbonyl (C=O) groups excluding carboxylic acids is 2. The quantitative estimate of drug-likeness (QED) is 0.173. The van der Waals surface area contributed by atoms with Gasteiger partial charge in [0.05, 0.1) is 21.6 Å². The first-order valence-electron chi connectivity index (χ1n) is 10.3. The molecule has 1 aliphatic heterocycles. The number of halogens is 3. The largest absolute Gasteiger partial charge is 0.507 e. The highest BCUT2D eigenvalue weighted by Crippen LogP contribution is 2.45. The van der Waals surface area contributed by atoms with E-state index < -0.39 is 51.4 Å². The summed E-state index contributed by atoms with van der Waals surface area (Å²) in [5.74, 6) is -2.99. The van der Waals surface area contributed by atoms with Crippen molar-refractivity contribution in [2.45, 2.75) is 19.1 Å². The number of aryl methyl sites for hydroxylation is 1. The summed E-state index contributed by atoms with van der Waals surface area (Å²) in [6.07, 6.45) is -4.74. The Balaban J connectivity index is 2.01. The average molecular weight is 482 g/mol. The molecule has 0 saturated carbocycles. The zero-order valence-corrected chi connectivity index (χ0v) is 18.1. The number of anilines is 1. The lowest BCUT2D eigenvalue weighted by Crippen LogP contribution is -2.30. The predicted molar refractivity (Wildman–Crippen MR) is 121 cm³/mol. The van der Waals surface area contributed by atoms with Crippen molar-refractivity contribution >= 4 is 28.8 Å². The Labute approximate surface area is 196 Å². The number of nitrogens with zero attached hydrogens (tertiary/aromatic N) is 2. The summed E-state index contributed by atoms with van der Waals surface area (Å²) >= 11 is 0. The van der Waals surface area contributed by atoms with Crippen molar-refractivity contribution < 1.29 is 32.8 Å². The van der Waals surface area contributed by atoms with E-state index in [0.717, 1.165) is 28.7 Å². The lowest BCUT2D eigenvalue weighted by molar-refractivity contribution is -0.385. The summed E-state index contributed by atoms with van der Waals surface area (Å²) in [5.41, 5.74) is -1.42. The molecule has 0 aromatic heterocycles. The molecule has 3 aromatic carbocycles. The Morgan fingerprint density at radius 3 is 2.29 bits per heavy atom. The van der Waals surface area contributed by atoms with Crippen LogP contribution in [-0.2, 0) is 15.8 Å². The van der Waals surface area contributed by atoms with Gasteiger partial charge in [0.2, 0.25) is 0 Å². The van der Waals surface area contributed by atoms with Crippen LogP contribution in [0.3, 0.4) is 0 Å². The Hall–Kier alpha value is -4.47. The number of Topliss-reactive ketones (excluding diaryl/α,β-unsaturated/α-hetero) is 1. The number of hydrogen-bond donors (Lipinski definition) is 1. The van der Waals surface area contributed by atoms with Gasteiger partial charge >= 0.3 is 6.18 Å². The van der Waals surface area contributed by atoms with Crippen LogP contribution in [0.2, 0.25) is 0 Å². The van der Waals surface area contributed by atoms with E-state index in [0.29, 0.717) is 6.07 Å². The number of hydrogen-bond acceptors (Lipinski definition) is 5. The molecule has 7 nitrogen and oxygen atoms in total. The van der Waals surface area contributed by atoms with Crippen LogP contribution in [0, 0.1) is 17.0 Å². The molecule has 1 aliphatic rings. The minimum absolute atomic E-state index is 0.136. The van der Waals surface area contributed by atoms with Crippen molar-refractivity contribution in [2.75, 3.05) is 4.90 Å². The van der Waals surface area contributed by atoms with Crippen molar-refractivity contribution in [1.82, 2.24) is 0 Å². The van der Waals surface area contributed by atoms with Gasteiger partial charge in [-0.1, -0.05) is 48.0 Å². The van der Waals surface area contributed by atoms with Crippen molar-refractivity contribution in [3.63, 3.8) is 0 Å². The maximum absolute atomic E-state index is 13.4. The number of alkyl halides is 3. The van der Waals surface area contributed by atoms with E-state index in [1.807, 2.05) is 0 Å². The second-order valence-electron chi connectivity index (χ2n) is 7.90. The zero-order chi connectivity index (χ0) is 25.5. The highest BCUT2D eigenvalue weighted by atomic mass is 19.4.